The van der Waals surface area contributed by atoms with E-state index in [2.05, 4.69) is 11.8 Å². The average Bonchev–Trinajstić information content (AvgIpc) is 2.47. The van der Waals surface area contributed by atoms with E-state index < -0.39 is 0 Å². The van der Waals surface area contributed by atoms with E-state index in [0.717, 1.165) is 38.4 Å². The number of piperidine rings is 1. The van der Waals surface area contributed by atoms with Gasteiger partial charge in [-0.2, -0.15) is 0 Å². The highest BCUT2D eigenvalue weighted by molar-refractivity contribution is 4.89. The largest absolute Gasteiger partial charge is 0.393 e. The van der Waals surface area contributed by atoms with Crippen molar-refractivity contribution < 1.29 is 5.11 Å². The van der Waals surface area contributed by atoms with Crippen LogP contribution in [-0.4, -0.2) is 41.8 Å². The van der Waals surface area contributed by atoms with E-state index in [1.165, 1.54) is 32.1 Å². The van der Waals surface area contributed by atoms with Crippen molar-refractivity contribution in [1.29, 1.82) is 0 Å². The molecule has 0 radical (unpaired) electrons. The molecule has 0 aromatic carbocycles. The summed E-state index contributed by atoms with van der Waals surface area (Å²) >= 11 is 0. The fourth-order valence-electron chi connectivity index (χ4n) is 4.42. The second-order valence-electron chi connectivity index (χ2n) is 7.14. The molecule has 0 spiro atoms. The summed E-state index contributed by atoms with van der Waals surface area (Å²) in [4.78, 5) is 2.69. The minimum atomic E-state index is -0.137. The van der Waals surface area contributed by atoms with Crippen LogP contribution in [0.4, 0.5) is 0 Å². The van der Waals surface area contributed by atoms with Gasteiger partial charge in [0.25, 0.3) is 0 Å². The number of nitrogens with zero attached hydrogens (tertiary/aromatic N) is 1. The molecule has 3 heteroatoms. The van der Waals surface area contributed by atoms with Crippen LogP contribution in [0.15, 0.2) is 0 Å². The van der Waals surface area contributed by atoms with E-state index in [1.54, 1.807) is 0 Å². The molecule has 1 aliphatic heterocycles. The molecule has 118 valence electrons. The molecule has 2 aliphatic rings. The Bertz CT molecular complexity index is 274. The summed E-state index contributed by atoms with van der Waals surface area (Å²) in [6.45, 7) is 7.42. The molecule has 1 heterocycles. The van der Waals surface area contributed by atoms with E-state index in [0.29, 0.717) is 17.9 Å². The fraction of sp³-hybridized carbons (Fsp3) is 1.00. The first-order valence-electron chi connectivity index (χ1n) is 8.77. The van der Waals surface area contributed by atoms with Crippen molar-refractivity contribution in [1.82, 2.24) is 4.90 Å². The molecule has 4 atom stereocenters. The summed E-state index contributed by atoms with van der Waals surface area (Å²) in [6, 6.07) is 0.709. The highest BCUT2D eigenvalue weighted by atomic mass is 16.3. The van der Waals surface area contributed by atoms with Gasteiger partial charge in [-0.3, -0.25) is 0 Å². The molecule has 0 aromatic heterocycles. The van der Waals surface area contributed by atoms with Crippen molar-refractivity contribution in [2.45, 2.75) is 70.9 Å². The van der Waals surface area contributed by atoms with Crippen molar-refractivity contribution in [3.8, 4) is 0 Å². The zero-order valence-corrected chi connectivity index (χ0v) is 13.4. The lowest BCUT2D eigenvalue weighted by molar-refractivity contribution is 0.0209. The van der Waals surface area contributed by atoms with Crippen molar-refractivity contribution >= 4 is 0 Å². The average molecular weight is 282 g/mol. The van der Waals surface area contributed by atoms with Gasteiger partial charge in [-0.25, -0.2) is 0 Å². The van der Waals surface area contributed by atoms with Crippen molar-refractivity contribution in [2.24, 2.45) is 23.5 Å². The smallest absolute Gasteiger partial charge is 0.0541 e. The maximum Gasteiger partial charge on any atom is 0.0541 e. The third kappa shape index (κ3) is 3.96. The first-order chi connectivity index (χ1) is 9.65. The molecule has 1 aliphatic carbocycles. The summed E-state index contributed by atoms with van der Waals surface area (Å²) in [5.41, 5.74) is 6.03. The molecule has 4 unspecified atom stereocenters. The van der Waals surface area contributed by atoms with Crippen molar-refractivity contribution in [3.05, 3.63) is 0 Å². The van der Waals surface area contributed by atoms with Gasteiger partial charge < -0.3 is 15.7 Å². The number of hydrogen-bond acceptors (Lipinski definition) is 3. The highest BCUT2D eigenvalue weighted by Crippen LogP contribution is 2.36. The standard InChI is InChI=1S/C17H34N2O/c1-3-4-14-5-6-16(12-18)17(11-14)19-9-7-15(8-10-19)13(2)20/h13-17,20H,3-12,18H2,1-2H3. The van der Waals surface area contributed by atoms with Gasteiger partial charge in [0, 0.05) is 6.04 Å². The van der Waals surface area contributed by atoms with Crippen LogP contribution < -0.4 is 5.73 Å². The Morgan fingerprint density at radius 1 is 1.20 bits per heavy atom. The normalized spacial score (nSPS) is 35.1. The van der Waals surface area contributed by atoms with Gasteiger partial charge in [0.05, 0.1) is 6.10 Å². The molecule has 20 heavy (non-hydrogen) atoms. The number of hydrogen-bond donors (Lipinski definition) is 2. The van der Waals surface area contributed by atoms with Gasteiger partial charge in [-0.15, -0.1) is 0 Å². The summed E-state index contributed by atoms with van der Waals surface area (Å²) in [7, 11) is 0. The zero-order chi connectivity index (χ0) is 14.5. The fourth-order valence-corrected chi connectivity index (χ4v) is 4.42. The van der Waals surface area contributed by atoms with Crippen LogP contribution in [0.1, 0.15) is 58.8 Å². The molecule has 2 rings (SSSR count). The summed E-state index contributed by atoms with van der Waals surface area (Å²) < 4.78 is 0. The van der Waals surface area contributed by atoms with E-state index in [-0.39, 0.29) is 6.10 Å². The molecule has 0 amide bonds. The maximum absolute atomic E-state index is 9.75. The van der Waals surface area contributed by atoms with Crippen molar-refractivity contribution in [3.63, 3.8) is 0 Å². The second kappa shape index (κ2) is 7.77. The third-order valence-electron chi connectivity index (χ3n) is 5.79. The number of rotatable bonds is 5. The van der Waals surface area contributed by atoms with Gasteiger partial charge in [0.15, 0.2) is 0 Å². The lowest BCUT2D eigenvalue weighted by Crippen LogP contribution is -2.50. The van der Waals surface area contributed by atoms with Gasteiger partial charge in [0.2, 0.25) is 0 Å². The monoisotopic (exact) mass is 282 g/mol. The van der Waals surface area contributed by atoms with Crippen LogP contribution in [-0.2, 0) is 0 Å². The van der Waals surface area contributed by atoms with Crippen LogP contribution in [0.5, 0.6) is 0 Å². The molecule has 2 fully saturated rings. The molecule has 3 nitrogen and oxygen atoms in total. The van der Waals surface area contributed by atoms with E-state index >= 15 is 0 Å². The lowest BCUT2D eigenvalue weighted by atomic mass is 9.75. The van der Waals surface area contributed by atoms with Gasteiger partial charge >= 0.3 is 0 Å². The predicted molar refractivity (Wildman–Crippen MR) is 84.6 cm³/mol. The van der Waals surface area contributed by atoms with E-state index in [9.17, 15) is 5.11 Å². The minimum absolute atomic E-state index is 0.137. The Morgan fingerprint density at radius 3 is 2.45 bits per heavy atom. The van der Waals surface area contributed by atoms with Gasteiger partial charge in [0.1, 0.15) is 0 Å². The van der Waals surface area contributed by atoms with Crippen molar-refractivity contribution in [2.75, 3.05) is 19.6 Å². The molecule has 0 bridgehead atoms. The summed E-state index contributed by atoms with van der Waals surface area (Å²) in [6.07, 6.45) is 8.94. The van der Waals surface area contributed by atoms with Crippen LogP contribution in [0.3, 0.4) is 0 Å². The SMILES string of the molecule is CCCC1CCC(CN)C(N2CCC(C(C)O)CC2)C1. The van der Waals surface area contributed by atoms with E-state index in [1.807, 2.05) is 6.92 Å². The van der Waals surface area contributed by atoms with Gasteiger partial charge in [-0.05, 0) is 70.0 Å². The molecular formula is C17H34N2O. The number of aliphatic hydroxyl groups excluding tert-OH is 1. The molecule has 1 saturated heterocycles. The Morgan fingerprint density at radius 2 is 1.90 bits per heavy atom. The first-order valence-corrected chi connectivity index (χ1v) is 8.77. The van der Waals surface area contributed by atoms with E-state index in [4.69, 9.17) is 5.73 Å². The minimum Gasteiger partial charge on any atom is -0.393 e. The zero-order valence-electron chi connectivity index (χ0n) is 13.4. The Balaban J connectivity index is 1.91. The summed E-state index contributed by atoms with van der Waals surface area (Å²) in [5.74, 6) is 2.13. The predicted octanol–water partition coefficient (Wildman–Crippen LogP) is 2.62. The Hall–Kier alpha value is -0.120. The number of aliphatic hydroxyl groups is 1. The third-order valence-corrected chi connectivity index (χ3v) is 5.79. The topological polar surface area (TPSA) is 49.5 Å². The molecule has 3 N–H and O–H groups in total. The highest BCUT2D eigenvalue weighted by Gasteiger charge is 2.35. The Kier molecular flexibility index (Phi) is 6.31. The molecular weight excluding hydrogens is 248 g/mol. The van der Waals surface area contributed by atoms with Gasteiger partial charge in [-0.1, -0.05) is 26.2 Å². The molecule has 0 aromatic rings. The van der Waals surface area contributed by atoms with Crippen LogP contribution >= 0.6 is 0 Å². The van der Waals surface area contributed by atoms with Crippen LogP contribution in [0, 0.1) is 17.8 Å². The second-order valence-corrected chi connectivity index (χ2v) is 7.14. The summed E-state index contributed by atoms with van der Waals surface area (Å²) in [5, 5.41) is 9.75. The lowest BCUT2D eigenvalue weighted by Gasteiger charge is -2.45. The number of nitrogens with two attached hydrogens (primary N) is 1. The molecule has 1 saturated carbocycles. The quantitative estimate of drug-likeness (QED) is 0.815. The van der Waals surface area contributed by atoms with Crippen LogP contribution in [0.2, 0.25) is 0 Å². The van der Waals surface area contributed by atoms with Crippen LogP contribution in [0.25, 0.3) is 0 Å². The first kappa shape index (κ1) is 16.3. The maximum atomic E-state index is 9.75. The Labute approximate surface area is 124 Å². The number of likely N-dealkylation sites (tertiary alicyclic amines) is 1.